The molecule has 1 aliphatic heterocycles. The van der Waals surface area contributed by atoms with E-state index in [1.807, 2.05) is 36.9 Å². The van der Waals surface area contributed by atoms with Gasteiger partial charge in [-0.15, -0.1) is 0 Å². The van der Waals surface area contributed by atoms with Crippen LogP contribution in [-0.4, -0.2) is 27.7 Å². The number of fused-ring (bicyclic) bond motifs is 1. The zero-order valence-corrected chi connectivity index (χ0v) is 14.9. The van der Waals surface area contributed by atoms with E-state index in [9.17, 15) is 9.59 Å². The molecule has 0 saturated heterocycles. The number of aromatic amines is 1. The summed E-state index contributed by atoms with van der Waals surface area (Å²) in [6, 6.07) is 8.05. The number of nitrogens with one attached hydrogen (secondary N) is 1. The summed E-state index contributed by atoms with van der Waals surface area (Å²) in [6.45, 7) is 6.15. The van der Waals surface area contributed by atoms with Crippen LogP contribution in [0.2, 0.25) is 0 Å². The van der Waals surface area contributed by atoms with Gasteiger partial charge in [0, 0.05) is 23.5 Å². The van der Waals surface area contributed by atoms with Crippen LogP contribution >= 0.6 is 11.8 Å². The first-order chi connectivity index (χ1) is 11.5. The van der Waals surface area contributed by atoms with Gasteiger partial charge in [-0.25, -0.2) is 4.98 Å². The fraction of sp³-hybridized carbons (Fsp3) is 0.389. The number of anilines is 1. The fourth-order valence-electron chi connectivity index (χ4n) is 2.87. The number of H-pyrrole nitrogens is 1. The third-order valence-corrected chi connectivity index (χ3v) is 5.36. The highest BCUT2D eigenvalue weighted by molar-refractivity contribution is 8.00. The number of carbonyl (C=O) groups excluding carboxylic acids is 1. The molecule has 6 heteroatoms. The van der Waals surface area contributed by atoms with Gasteiger partial charge in [0.2, 0.25) is 5.91 Å². The van der Waals surface area contributed by atoms with Crippen molar-refractivity contribution in [2.45, 2.75) is 44.0 Å². The third kappa shape index (κ3) is 3.24. The van der Waals surface area contributed by atoms with Crippen molar-refractivity contribution in [1.29, 1.82) is 0 Å². The highest BCUT2D eigenvalue weighted by Gasteiger charge is 2.27. The Hall–Kier alpha value is -2.08. The number of aryl methyl sites for hydroxylation is 2. The molecule has 1 atom stereocenters. The molecule has 1 aromatic carbocycles. The van der Waals surface area contributed by atoms with E-state index >= 15 is 0 Å². The molecule has 0 bridgehead atoms. The molecule has 2 aromatic rings. The van der Waals surface area contributed by atoms with Gasteiger partial charge in [-0.1, -0.05) is 30.0 Å². The fourth-order valence-corrected chi connectivity index (χ4v) is 3.78. The van der Waals surface area contributed by atoms with Gasteiger partial charge in [-0.3, -0.25) is 9.59 Å². The Morgan fingerprint density at radius 3 is 2.83 bits per heavy atom. The Balaban J connectivity index is 1.80. The molecule has 1 unspecified atom stereocenters. The second-order valence-corrected chi connectivity index (χ2v) is 7.39. The zero-order valence-electron chi connectivity index (χ0n) is 14.1. The molecule has 24 heavy (non-hydrogen) atoms. The predicted octanol–water partition coefficient (Wildman–Crippen LogP) is 2.85. The van der Waals surface area contributed by atoms with Crippen molar-refractivity contribution in [2.75, 3.05) is 11.4 Å². The lowest BCUT2D eigenvalue weighted by atomic mass is 10.0. The van der Waals surface area contributed by atoms with Crippen LogP contribution in [0.15, 0.2) is 34.2 Å². The van der Waals surface area contributed by atoms with Crippen LogP contribution in [0.4, 0.5) is 5.69 Å². The van der Waals surface area contributed by atoms with E-state index in [1.54, 1.807) is 6.92 Å². The smallest absolute Gasteiger partial charge is 0.254 e. The van der Waals surface area contributed by atoms with E-state index in [0.29, 0.717) is 16.4 Å². The number of carbonyl (C=O) groups is 1. The second kappa shape index (κ2) is 6.81. The Morgan fingerprint density at radius 1 is 1.33 bits per heavy atom. The minimum absolute atomic E-state index is 0.0491. The van der Waals surface area contributed by atoms with Gasteiger partial charge < -0.3 is 9.88 Å². The van der Waals surface area contributed by atoms with Gasteiger partial charge >= 0.3 is 0 Å². The van der Waals surface area contributed by atoms with E-state index in [0.717, 1.165) is 25.1 Å². The summed E-state index contributed by atoms with van der Waals surface area (Å²) < 4.78 is 0. The number of nitrogens with zero attached hydrogens (tertiary/aromatic N) is 2. The molecule has 3 rings (SSSR count). The Labute approximate surface area is 145 Å². The highest BCUT2D eigenvalue weighted by atomic mass is 32.2. The molecule has 2 heterocycles. The number of benzene rings is 1. The minimum Gasteiger partial charge on any atom is -0.311 e. The van der Waals surface area contributed by atoms with Crippen molar-refractivity contribution in [2.24, 2.45) is 0 Å². The van der Waals surface area contributed by atoms with E-state index in [1.165, 1.54) is 17.3 Å². The van der Waals surface area contributed by atoms with Crippen molar-refractivity contribution < 1.29 is 4.79 Å². The molecule has 5 nitrogen and oxygen atoms in total. The number of para-hydroxylation sites is 1. The topological polar surface area (TPSA) is 66.1 Å². The first kappa shape index (κ1) is 16.8. The predicted molar refractivity (Wildman–Crippen MR) is 96.8 cm³/mol. The van der Waals surface area contributed by atoms with E-state index in [4.69, 9.17) is 0 Å². The number of amides is 1. The van der Waals surface area contributed by atoms with Crippen molar-refractivity contribution in [3.8, 4) is 0 Å². The number of hydrogen-bond acceptors (Lipinski definition) is 4. The van der Waals surface area contributed by atoms with Crippen molar-refractivity contribution >= 4 is 23.4 Å². The van der Waals surface area contributed by atoms with Gasteiger partial charge in [0.25, 0.3) is 5.56 Å². The monoisotopic (exact) mass is 343 g/mol. The Morgan fingerprint density at radius 2 is 2.08 bits per heavy atom. The number of rotatable bonds is 3. The summed E-state index contributed by atoms with van der Waals surface area (Å²) >= 11 is 1.30. The zero-order chi connectivity index (χ0) is 17.3. The van der Waals surface area contributed by atoms with Crippen LogP contribution < -0.4 is 10.5 Å². The average Bonchev–Trinajstić information content (AvgIpc) is 2.58. The SMILES string of the molecule is Cc1nc(SC(C)C(=O)N2CCCc3ccccc32)[nH]c(=O)c1C. The van der Waals surface area contributed by atoms with Crippen molar-refractivity contribution in [3.05, 3.63) is 51.4 Å². The highest BCUT2D eigenvalue weighted by Crippen LogP contribution is 2.30. The van der Waals surface area contributed by atoms with Gasteiger partial charge in [0.05, 0.1) is 5.25 Å². The maximum absolute atomic E-state index is 12.9. The van der Waals surface area contributed by atoms with Crippen LogP contribution in [-0.2, 0) is 11.2 Å². The van der Waals surface area contributed by atoms with Gasteiger partial charge in [0.15, 0.2) is 5.16 Å². The van der Waals surface area contributed by atoms with Crippen molar-refractivity contribution in [1.82, 2.24) is 9.97 Å². The van der Waals surface area contributed by atoms with Crippen LogP contribution in [0.3, 0.4) is 0 Å². The third-order valence-electron chi connectivity index (χ3n) is 4.39. The summed E-state index contributed by atoms with van der Waals surface area (Å²) in [7, 11) is 0. The first-order valence-electron chi connectivity index (χ1n) is 8.11. The molecular formula is C18H21N3O2S. The van der Waals surface area contributed by atoms with Gasteiger partial charge in [-0.2, -0.15) is 0 Å². The molecule has 0 spiro atoms. The number of hydrogen-bond donors (Lipinski definition) is 1. The van der Waals surface area contributed by atoms with Gasteiger partial charge in [-0.05, 0) is 45.2 Å². The van der Waals surface area contributed by atoms with Gasteiger partial charge in [0.1, 0.15) is 0 Å². The number of thioether (sulfide) groups is 1. The van der Waals surface area contributed by atoms with Crippen LogP contribution in [0.25, 0.3) is 0 Å². The summed E-state index contributed by atoms with van der Waals surface area (Å²) in [5.74, 6) is 0.0491. The lowest BCUT2D eigenvalue weighted by molar-refractivity contribution is -0.117. The summed E-state index contributed by atoms with van der Waals surface area (Å²) in [5, 5.41) is 0.177. The molecule has 0 saturated carbocycles. The molecule has 1 amide bonds. The summed E-state index contributed by atoms with van der Waals surface area (Å²) in [5.41, 5.74) is 3.38. The number of aromatic nitrogens is 2. The van der Waals surface area contributed by atoms with Crippen LogP contribution in [0, 0.1) is 13.8 Å². The average molecular weight is 343 g/mol. The van der Waals surface area contributed by atoms with E-state index in [-0.39, 0.29) is 16.7 Å². The lowest BCUT2D eigenvalue weighted by Gasteiger charge is -2.31. The lowest BCUT2D eigenvalue weighted by Crippen LogP contribution is -2.40. The quantitative estimate of drug-likeness (QED) is 0.687. The van der Waals surface area contributed by atoms with Crippen LogP contribution in [0.5, 0.6) is 0 Å². The normalized spacial score (nSPS) is 15.0. The van der Waals surface area contributed by atoms with Crippen LogP contribution in [0.1, 0.15) is 30.2 Å². The molecular weight excluding hydrogens is 322 g/mol. The molecule has 126 valence electrons. The Kier molecular flexibility index (Phi) is 4.76. The van der Waals surface area contributed by atoms with E-state index in [2.05, 4.69) is 16.0 Å². The molecule has 1 aliphatic rings. The summed E-state index contributed by atoms with van der Waals surface area (Å²) in [6.07, 6.45) is 1.98. The summed E-state index contributed by atoms with van der Waals surface area (Å²) in [4.78, 5) is 33.7. The standard InChI is InChI=1S/C18H21N3O2S/c1-11-12(2)19-18(20-16(11)22)24-13(3)17(23)21-10-6-8-14-7-4-5-9-15(14)21/h4-5,7,9,13H,6,8,10H2,1-3H3,(H,19,20,22). The minimum atomic E-state index is -0.318. The first-order valence-corrected chi connectivity index (χ1v) is 8.99. The maximum atomic E-state index is 12.9. The second-order valence-electron chi connectivity index (χ2n) is 6.06. The molecule has 1 aromatic heterocycles. The molecule has 1 N–H and O–H groups in total. The largest absolute Gasteiger partial charge is 0.311 e. The Bertz CT molecular complexity index is 831. The molecule has 0 radical (unpaired) electrons. The van der Waals surface area contributed by atoms with E-state index < -0.39 is 0 Å². The molecule has 0 aliphatic carbocycles. The maximum Gasteiger partial charge on any atom is 0.254 e. The van der Waals surface area contributed by atoms with Crippen molar-refractivity contribution in [3.63, 3.8) is 0 Å². The molecule has 0 fully saturated rings.